The molecule has 2 amide bonds. The van der Waals surface area contributed by atoms with Crippen LogP contribution >= 0.6 is 11.6 Å². The summed E-state index contributed by atoms with van der Waals surface area (Å²) < 4.78 is 0. The molecule has 0 atom stereocenters. The Labute approximate surface area is 139 Å². The summed E-state index contributed by atoms with van der Waals surface area (Å²) in [5.41, 5.74) is 3.95. The highest BCUT2D eigenvalue weighted by Gasteiger charge is 2.08. The molecule has 0 aliphatic rings. The molecule has 0 bridgehead atoms. The fraction of sp³-hybridized carbons (Fsp3) is 0.118. The van der Waals surface area contributed by atoms with Gasteiger partial charge in [0.2, 0.25) is 11.8 Å². The van der Waals surface area contributed by atoms with Gasteiger partial charge in [0.05, 0.1) is 6.21 Å². The first-order chi connectivity index (χ1) is 11.1. The number of hydrogen-bond donors (Lipinski definition) is 2. The van der Waals surface area contributed by atoms with Crippen LogP contribution in [0.25, 0.3) is 0 Å². The van der Waals surface area contributed by atoms with Crippen molar-refractivity contribution in [2.24, 2.45) is 5.10 Å². The molecular formula is C17H16ClN3O2. The van der Waals surface area contributed by atoms with Gasteiger partial charge in [-0.05, 0) is 11.6 Å². The highest BCUT2D eigenvalue weighted by atomic mass is 35.5. The molecule has 0 heterocycles. The second kappa shape index (κ2) is 8.70. The summed E-state index contributed by atoms with van der Waals surface area (Å²) >= 11 is 5.96. The van der Waals surface area contributed by atoms with Crippen molar-refractivity contribution >= 4 is 29.6 Å². The number of benzene rings is 2. The van der Waals surface area contributed by atoms with Crippen LogP contribution in [-0.2, 0) is 16.1 Å². The summed E-state index contributed by atoms with van der Waals surface area (Å²) in [6.45, 7) is 0.385. The number of nitrogens with one attached hydrogen (secondary N) is 2. The summed E-state index contributed by atoms with van der Waals surface area (Å²) in [6, 6.07) is 16.6. The monoisotopic (exact) mass is 329 g/mol. The van der Waals surface area contributed by atoms with E-state index >= 15 is 0 Å². The van der Waals surface area contributed by atoms with E-state index in [0.717, 1.165) is 5.56 Å². The molecule has 0 aliphatic heterocycles. The van der Waals surface area contributed by atoms with Gasteiger partial charge in [0.15, 0.2) is 0 Å². The highest BCUT2D eigenvalue weighted by molar-refractivity contribution is 6.33. The van der Waals surface area contributed by atoms with Gasteiger partial charge in [-0.1, -0.05) is 60.1 Å². The lowest BCUT2D eigenvalue weighted by Crippen LogP contribution is -2.29. The van der Waals surface area contributed by atoms with E-state index in [4.69, 9.17) is 11.6 Å². The van der Waals surface area contributed by atoms with Gasteiger partial charge in [-0.25, -0.2) is 5.43 Å². The molecule has 2 aromatic carbocycles. The molecule has 0 aromatic heterocycles. The second-order valence-electron chi connectivity index (χ2n) is 4.75. The number of halogens is 1. The van der Waals surface area contributed by atoms with Crippen molar-refractivity contribution in [3.05, 3.63) is 70.7 Å². The molecule has 0 unspecified atom stereocenters. The topological polar surface area (TPSA) is 70.6 Å². The fourth-order valence-corrected chi connectivity index (χ4v) is 1.98. The molecule has 118 valence electrons. The third kappa shape index (κ3) is 5.92. The quantitative estimate of drug-likeness (QED) is 0.485. The van der Waals surface area contributed by atoms with Gasteiger partial charge in [-0.15, -0.1) is 0 Å². The number of hydrogen-bond acceptors (Lipinski definition) is 3. The summed E-state index contributed by atoms with van der Waals surface area (Å²) in [7, 11) is 0. The van der Waals surface area contributed by atoms with Crippen LogP contribution in [0.1, 0.15) is 17.5 Å². The minimum Gasteiger partial charge on any atom is -0.352 e. The minimum absolute atomic E-state index is 0.285. The highest BCUT2D eigenvalue weighted by Crippen LogP contribution is 2.11. The van der Waals surface area contributed by atoms with Crippen molar-refractivity contribution in [3.63, 3.8) is 0 Å². The molecule has 6 heteroatoms. The Morgan fingerprint density at radius 1 is 1.00 bits per heavy atom. The summed E-state index contributed by atoms with van der Waals surface area (Å²) in [5, 5.41) is 6.99. The molecule has 2 rings (SSSR count). The predicted octanol–water partition coefficient (Wildman–Crippen LogP) is 2.50. The van der Waals surface area contributed by atoms with Crippen LogP contribution in [0, 0.1) is 0 Å². The van der Waals surface area contributed by atoms with Crippen LogP contribution in [0.3, 0.4) is 0 Å². The summed E-state index contributed by atoms with van der Waals surface area (Å²) in [4.78, 5) is 23.3. The van der Waals surface area contributed by atoms with Gasteiger partial charge in [-0.2, -0.15) is 5.10 Å². The van der Waals surface area contributed by atoms with E-state index in [0.29, 0.717) is 17.1 Å². The molecule has 2 N–H and O–H groups in total. The van der Waals surface area contributed by atoms with Crippen LogP contribution in [0.2, 0.25) is 5.02 Å². The van der Waals surface area contributed by atoms with E-state index in [2.05, 4.69) is 15.8 Å². The maximum absolute atomic E-state index is 11.7. The van der Waals surface area contributed by atoms with Gasteiger partial charge < -0.3 is 5.32 Å². The molecule has 23 heavy (non-hydrogen) atoms. The molecule has 0 spiro atoms. The SMILES string of the molecule is O=C(CC(=O)N/N=C/c1ccccc1Cl)NCc1ccccc1. The van der Waals surface area contributed by atoms with Gasteiger partial charge in [0.25, 0.3) is 0 Å². The standard InChI is InChI=1S/C17H16ClN3O2/c18-15-9-5-4-8-14(15)12-20-21-17(23)10-16(22)19-11-13-6-2-1-3-7-13/h1-9,12H,10-11H2,(H,19,22)(H,21,23)/b20-12+. The zero-order chi connectivity index (χ0) is 16.5. The van der Waals surface area contributed by atoms with Crippen molar-refractivity contribution in [2.45, 2.75) is 13.0 Å². The third-order valence-corrected chi connectivity index (χ3v) is 3.30. The number of hydrazone groups is 1. The van der Waals surface area contributed by atoms with E-state index in [-0.39, 0.29) is 12.3 Å². The average Bonchev–Trinajstić information content (AvgIpc) is 2.56. The number of amides is 2. The second-order valence-corrected chi connectivity index (χ2v) is 5.16. The van der Waals surface area contributed by atoms with Crippen LogP contribution in [-0.4, -0.2) is 18.0 Å². The third-order valence-electron chi connectivity index (χ3n) is 2.95. The first-order valence-electron chi connectivity index (χ1n) is 7.02. The zero-order valence-corrected chi connectivity index (χ0v) is 13.1. The number of carbonyl (C=O) groups excluding carboxylic acids is 2. The van der Waals surface area contributed by atoms with E-state index in [1.165, 1.54) is 6.21 Å². The molecular weight excluding hydrogens is 314 g/mol. The number of nitrogens with zero attached hydrogens (tertiary/aromatic N) is 1. The predicted molar refractivity (Wildman–Crippen MR) is 90.1 cm³/mol. The Bertz CT molecular complexity index is 702. The average molecular weight is 330 g/mol. The normalized spacial score (nSPS) is 10.5. The lowest BCUT2D eigenvalue weighted by Gasteiger charge is -2.04. The molecule has 0 saturated heterocycles. The van der Waals surface area contributed by atoms with Crippen molar-refractivity contribution in [3.8, 4) is 0 Å². The zero-order valence-electron chi connectivity index (χ0n) is 12.3. The van der Waals surface area contributed by atoms with Crippen LogP contribution in [0.5, 0.6) is 0 Å². The summed E-state index contributed by atoms with van der Waals surface area (Å²) in [5.74, 6) is -0.849. The number of rotatable bonds is 6. The molecule has 0 aliphatic carbocycles. The van der Waals surface area contributed by atoms with Crippen molar-refractivity contribution < 1.29 is 9.59 Å². The molecule has 0 saturated carbocycles. The Balaban J connectivity index is 1.74. The van der Waals surface area contributed by atoms with Gasteiger partial charge >= 0.3 is 0 Å². The van der Waals surface area contributed by atoms with E-state index in [1.54, 1.807) is 18.2 Å². The number of carbonyl (C=O) groups is 2. The lowest BCUT2D eigenvalue weighted by atomic mass is 10.2. The molecule has 5 nitrogen and oxygen atoms in total. The van der Waals surface area contributed by atoms with Gasteiger partial charge in [0.1, 0.15) is 6.42 Å². The fourth-order valence-electron chi connectivity index (χ4n) is 1.80. The maximum atomic E-state index is 11.7. The van der Waals surface area contributed by atoms with Gasteiger partial charge in [-0.3, -0.25) is 9.59 Å². The van der Waals surface area contributed by atoms with Crippen molar-refractivity contribution in [1.82, 2.24) is 10.7 Å². The Morgan fingerprint density at radius 3 is 2.43 bits per heavy atom. The van der Waals surface area contributed by atoms with Crippen LogP contribution in [0.15, 0.2) is 59.7 Å². The van der Waals surface area contributed by atoms with Crippen LogP contribution in [0.4, 0.5) is 0 Å². The molecule has 0 radical (unpaired) electrons. The van der Waals surface area contributed by atoms with Gasteiger partial charge in [0, 0.05) is 17.1 Å². The van der Waals surface area contributed by atoms with Crippen LogP contribution < -0.4 is 10.7 Å². The maximum Gasteiger partial charge on any atom is 0.249 e. The Hall–Kier alpha value is -2.66. The first-order valence-corrected chi connectivity index (χ1v) is 7.40. The van der Waals surface area contributed by atoms with E-state index in [1.807, 2.05) is 36.4 Å². The lowest BCUT2D eigenvalue weighted by molar-refractivity contribution is -0.129. The smallest absolute Gasteiger partial charge is 0.249 e. The first kappa shape index (κ1) is 16.7. The molecule has 0 fully saturated rings. The van der Waals surface area contributed by atoms with Crippen molar-refractivity contribution in [1.29, 1.82) is 0 Å². The minimum atomic E-state index is -0.487. The Kier molecular flexibility index (Phi) is 6.32. The largest absolute Gasteiger partial charge is 0.352 e. The Morgan fingerprint density at radius 2 is 1.70 bits per heavy atom. The summed E-state index contributed by atoms with van der Waals surface area (Å²) in [6.07, 6.45) is 1.15. The van der Waals surface area contributed by atoms with Crippen molar-refractivity contribution in [2.75, 3.05) is 0 Å². The van der Waals surface area contributed by atoms with E-state index < -0.39 is 5.91 Å². The molecule has 2 aromatic rings. The van der Waals surface area contributed by atoms with E-state index in [9.17, 15) is 9.59 Å².